The van der Waals surface area contributed by atoms with Crippen molar-refractivity contribution in [3.8, 4) is 11.3 Å². The first-order chi connectivity index (χ1) is 13.8. The van der Waals surface area contributed by atoms with Gasteiger partial charge in [0, 0.05) is 11.8 Å². The lowest BCUT2D eigenvalue weighted by molar-refractivity contribution is 0.0950. The van der Waals surface area contributed by atoms with Crippen molar-refractivity contribution in [2.24, 2.45) is 5.10 Å². The number of rotatable bonds is 5. The zero-order valence-corrected chi connectivity index (χ0v) is 15.0. The number of carbonyl (C=O) groups excluding carboxylic acids is 1. The van der Waals surface area contributed by atoms with Crippen LogP contribution in [0.15, 0.2) is 90.0 Å². The molecule has 0 aliphatic heterocycles. The smallest absolute Gasteiger partial charge is 0.272 e. The van der Waals surface area contributed by atoms with Gasteiger partial charge in [0.15, 0.2) is 0 Å². The molecule has 1 heterocycles. The Hall–Kier alpha value is -3.99. The fourth-order valence-electron chi connectivity index (χ4n) is 2.94. The first kappa shape index (κ1) is 17.4. The quantitative estimate of drug-likeness (QED) is 0.398. The molecule has 0 saturated heterocycles. The van der Waals surface area contributed by atoms with Crippen LogP contribution in [0.3, 0.4) is 0 Å². The van der Waals surface area contributed by atoms with Gasteiger partial charge < -0.3 is 0 Å². The van der Waals surface area contributed by atoms with Crippen LogP contribution in [0.4, 0.5) is 0 Å². The van der Waals surface area contributed by atoms with Gasteiger partial charge in [-0.3, -0.25) is 9.89 Å². The van der Waals surface area contributed by atoms with E-state index in [9.17, 15) is 4.79 Å². The minimum Gasteiger partial charge on any atom is -0.272 e. The van der Waals surface area contributed by atoms with E-state index in [0.29, 0.717) is 5.69 Å². The standard InChI is InChI=1S/C23H18N4O/c28-23(27-24-15-7-10-17-8-2-1-3-9-17)22-16-21(25-26-22)20-14-6-12-18-11-4-5-13-19(18)20/h1-16H,(H,25,26)(H,27,28). The van der Waals surface area contributed by atoms with Crippen LogP contribution >= 0.6 is 0 Å². The molecule has 4 rings (SSSR count). The predicted octanol–water partition coefficient (Wildman–Crippen LogP) is 4.66. The number of aromatic nitrogens is 2. The molecule has 0 atom stereocenters. The summed E-state index contributed by atoms with van der Waals surface area (Å²) >= 11 is 0. The van der Waals surface area contributed by atoms with Crippen molar-refractivity contribution >= 4 is 29.0 Å². The highest BCUT2D eigenvalue weighted by Crippen LogP contribution is 2.27. The minimum atomic E-state index is -0.344. The van der Waals surface area contributed by atoms with Gasteiger partial charge in [-0.05, 0) is 28.5 Å². The molecule has 1 aromatic heterocycles. The van der Waals surface area contributed by atoms with E-state index in [-0.39, 0.29) is 5.91 Å². The maximum atomic E-state index is 12.3. The number of hydrogen-bond acceptors (Lipinski definition) is 3. The average molecular weight is 366 g/mol. The van der Waals surface area contributed by atoms with Crippen molar-refractivity contribution in [3.05, 3.63) is 96.2 Å². The average Bonchev–Trinajstić information content (AvgIpc) is 3.24. The molecular formula is C23H18N4O. The highest BCUT2D eigenvalue weighted by atomic mass is 16.2. The Morgan fingerprint density at radius 3 is 2.64 bits per heavy atom. The second-order valence-electron chi connectivity index (χ2n) is 6.18. The fraction of sp³-hybridized carbons (Fsp3) is 0. The van der Waals surface area contributed by atoms with Gasteiger partial charge in [0.25, 0.3) is 5.91 Å². The van der Waals surface area contributed by atoms with E-state index in [2.05, 4.69) is 32.9 Å². The maximum Gasteiger partial charge on any atom is 0.289 e. The largest absolute Gasteiger partial charge is 0.289 e. The van der Waals surface area contributed by atoms with E-state index in [4.69, 9.17) is 0 Å². The van der Waals surface area contributed by atoms with Crippen LogP contribution in [0.2, 0.25) is 0 Å². The van der Waals surface area contributed by atoms with Gasteiger partial charge in [-0.25, -0.2) is 5.43 Å². The zero-order chi connectivity index (χ0) is 19.2. The Morgan fingerprint density at radius 2 is 1.75 bits per heavy atom. The number of allylic oxidation sites excluding steroid dienone is 1. The topological polar surface area (TPSA) is 70.1 Å². The summed E-state index contributed by atoms with van der Waals surface area (Å²) in [5, 5.41) is 13.2. The summed E-state index contributed by atoms with van der Waals surface area (Å²) in [6.45, 7) is 0. The number of fused-ring (bicyclic) bond motifs is 1. The molecular weight excluding hydrogens is 348 g/mol. The van der Waals surface area contributed by atoms with Crippen LogP contribution in [0.1, 0.15) is 16.1 Å². The fourth-order valence-corrected chi connectivity index (χ4v) is 2.94. The van der Waals surface area contributed by atoms with Gasteiger partial charge in [-0.2, -0.15) is 10.2 Å². The summed E-state index contributed by atoms with van der Waals surface area (Å²) in [5.41, 5.74) is 5.60. The molecule has 0 aliphatic rings. The molecule has 5 heteroatoms. The van der Waals surface area contributed by atoms with Crippen LogP contribution in [0.5, 0.6) is 0 Å². The number of H-pyrrole nitrogens is 1. The van der Waals surface area contributed by atoms with E-state index in [1.807, 2.05) is 66.7 Å². The molecule has 0 bridgehead atoms. The van der Waals surface area contributed by atoms with Gasteiger partial charge in [-0.15, -0.1) is 0 Å². The monoisotopic (exact) mass is 366 g/mol. The molecule has 136 valence electrons. The lowest BCUT2D eigenvalue weighted by Crippen LogP contribution is -2.17. The Morgan fingerprint density at radius 1 is 0.964 bits per heavy atom. The van der Waals surface area contributed by atoms with Crippen molar-refractivity contribution in [1.29, 1.82) is 0 Å². The van der Waals surface area contributed by atoms with Gasteiger partial charge in [0.1, 0.15) is 5.69 Å². The molecule has 2 N–H and O–H groups in total. The van der Waals surface area contributed by atoms with Crippen LogP contribution in [0, 0.1) is 0 Å². The molecule has 4 aromatic rings. The minimum absolute atomic E-state index is 0.344. The Labute approximate surface area is 162 Å². The van der Waals surface area contributed by atoms with Crippen molar-refractivity contribution in [1.82, 2.24) is 15.6 Å². The number of aromatic amines is 1. The molecule has 1 amide bonds. The third kappa shape index (κ3) is 3.88. The third-order valence-corrected chi connectivity index (χ3v) is 4.30. The SMILES string of the molecule is O=C(NN=CC=Cc1ccccc1)c1cc(-c2cccc3ccccc23)n[nH]1. The summed E-state index contributed by atoms with van der Waals surface area (Å²) in [4.78, 5) is 12.3. The van der Waals surface area contributed by atoms with Crippen molar-refractivity contribution in [3.63, 3.8) is 0 Å². The van der Waals surface area contributed by atoms with E-state index >= 15 is 0 Å². The lowest BCUT2D eigenvalue weighted by Gasteiger charge is -2.02. The Balaban J connectivity index is 1.44. The number of carbonyl (C=O) groups is 1. The van der Waals surface area contributed by atoms with Crippen LogP contribution in [-0.2, 0) is 0 Å². The van der Waals surface area contributed by atoms with Gasteiger partial charge >= 0.3 is 0 Å². The second kappa shape index (κ2) is 8.14. The summed E-state index contributed by atoms with van der Waals surface area (Å²) in [5.74, 6) is -0.344. The summed E-state index contributed by atoms with van der Waals surface area (Å²) in [6, 6.07) is 25.7. The van der Waals surface area contributed by atoms with E-state index in [1.165, 1.54) is 6.21 Å². The molecule has 0 radical (unpaired) electrons. The van der Waals surface area contributed by atoms with Crippen LogP contribution in [-0.4, -0.2) is 22.3 Å². The number of nitrogens with one attached hydrogen (secondary N) is 2. The normalized spacial score (nSPS) is 11.4. The van der Waals surface area contributed by atoms with Gasteiger partial charge in [-0.1, -0.05) is 78.9 Å². The summed E-state index contributed by atoms with van der Waals surface area (Å²) in [7, 11) is 0. The second-order valence-corrected chi connectivity index (χ2v) is 6.18. The molecule has 28 heavy (non-hydrogen) atoms. The molecule has 0 saturated carbocycles. The molecule has 0 unspecified atom stereocenters. The van der Waals surface area contributed by atoms with Gasteiger partial charge in [0.2, 0.25) is 0 Å². The number of benzene rings is 3. The molecule has 0 aliphatic carbocycles. The number of nitrogens with zero attached hydrogens (tertiary/aromatic N) is 2. The van der Waals surface area contributed by atoms with E-state index in [0.717, 1.165) is 27.6 Å². The van der Waals surface area contributed by atoms with Crippen LogP contribution < -0.4 is 5.43 Å². The number of hydrazone groups is 1. The van der Waals surface area contributed by atoms with Crippen molar-refractivity contribution in [2.45, 2.75) is 0 Å². The molecule has 0 fully saturated rings. The van der Waals surface area contributed by atoms with Gasteiger partial charge in [0.05, 0.1) is 5.69 Å². The van der Waals surface area contributed by atoms with E-state index < -0.39 is 0 Å². The third-order valence-electron chi connectivity index (χ3n) is 4.30. The number of amides is 1. The first-order valence-electron chi connectivity index (χ1n) is 8.90. The van der Waals surface area contributed by atoms with E-state index in [1.54, 1.807) is 12.1 Å². The Bertz CT molecular complexity index is 1150. The summed E-state index contributed by atoms with van der Waals surface area (Å²) < 4.78 is 0. The molecule has 0 spiro atoms. The molecule has 5 nitrogen and oxygen atoms in total. The Kier molecular flexibility index (Phi) is 5.06. The predicted molar refractivity (Wildman–Crippen MR) is 113 cm³/mol. The summed E-state index contributed by atoms with van der Waals surface area (Å²) in [6.07, 6.45) is 5.21. The highest BCUT2D eigenvalue weighted by molar-refractivity contribution is 5.98. The molecule has 3 aromatic carbocycles. The number of hydrogen-bond donors (Lipinski definition) is 2. The maximum absolute atomic E-state index is 12.3. The van der Waals surface area contributed by atoms with Crippen LogP contribution in [0.25, 0.3) is 28.1 Å². The van der Waals surface area contributed by atoms with Crippen molar-refractivity contribution in [2.75, 3.05) is 0 Å². The first-order valence-corrected chi connectivity index (χ1v) is 8.90. The van der Waals surface area contributed by atoms with Crippen molar-refractivity contribution < 1.29 is 4.79 Å². The lowest BCUT2D eigenvalue weighted by atomic mass is 10.0. The highest BCUT2D eigenvalue weighted by Gasteiger charge is 2.12. The zero-order valence-electron chi connectivity index (χ0n) is 15.0.